The van der Waals surface area contributed by atoms with Crippen molar-refractivity contribution < 1.29 is 14.3 Å². The third kappa shape index (κ3) is 2.74. The van der Waals surface area contributed by atoms with Crippen LogP contribution in [-0.2, 0) is 4.79 Å². The van der Waals surface area contributed by atoms with E-state index in [9.17, 15) is 9.18 Å². The Hall–Kier alpha value is -1.27. The Bertz CT molecular complexity index is 719. The molecule has 2 unspecified atom stereocenters. The van der Waals surface area contributed by atoms with E-state index in [1.54, 1.807) is 6.07 Å². The minimum Gasteiger partial charge on any atom is -0.481 e. The van der Waals surface area contributed by atoms with Gasteiger partial charge in [-0.3, -0.25) is 4.79 Å². The number of carboxylic acids is 1. The Morgan fingerprint density at radius 3 is 3.00 bits per heavy atom. The van der Waals surface area contributed by atoms with Crippen LogP contribution in [0.15, 0.2) is 17.3 Å². The van der Waals surface area contributed by atoms with Gasteiger partial charge >= 0.3 is 5.97 Å². The third-order valence-corrected chi connectivity index (χ3v) is 4.99. The number of fused-ring (bicyclic) bond motifs is 1. The first-order chi connectivity index (χ1) is 10.0. The molecule has 1 aliphatic rings. The summed E-state index contributed by atoms with van der Waals surface area (Å²) >= 11 is 7.03. The predicted molar refractivity (Wildman–Crippen MR) is 80.5 cm³/mol. The lowest BCUT2D eigenvalue weighted by atomic mass is 10.3. The van der Waals surface area contributed by atoms with Crippen molar-refractivity contribution in [1.29, 1.82) is 0 Å². The summed E-state index contributed by atoms with van der Waals surface area (Å²) in [4.78, 5) is 15.2. The van der Waals surface area contributed by atoms with Crippen LogP contribution in [0.3, 0.4) is 0 Å². The van der Waals surface area contributed by atoms with E-state index in [0.29, 0.717) is 22.6 Å². The first-order valence-electron chi connectivity index (χ1n) is 6.72. The largest absolute Gasteiger partial charge is 0.481 e. The molecule has 112 valence electrons. The smallest absolute Gasteiger partial charge is 0.313 e. The molecule has 0 saturated heterocycles. The van der Waals surface area contributed by atoms with Crippen LogP contribution in [0.2, 0.25) is 5.02 Å². The molecule has 0 spiro atoms. The average molecular weight is 329 g/mol. The molecule has 0 amide bonds. The van der Waals surface area contributed by atoms with Crippen LogP contribution in [0.25, 0.3) is 11.0 Å². The summed E-state index contributed by atoms with van der Waals surface area (Å²) in [6, 6.07) is 3.19. The van der Waals surface area contributed by atoms with Crippen molar-refractivity contribution in [3.8, 4) is 0 Å². The van der Waals surface area contributed by atoms with Gasteiger partial charge < -0.3 is 9.67 Å². The molecule has 0 bridgehead atoms. The van der Waals surface area contributed by atoms with Crippen molar-refractivity contribution in [2.75, 3.05) is 5.75 Å². The van der Waals surface area contributed by atoms with Crippen molar-refractivity contribution in [3.63, 3.8) is 0 Å². The maximum absolute atomic E-state index is 13.6. The van der Waals surface area contributed by atoms with E-state index >= 15 is 0 Å². The molecule has 7 heteroatoms. The number of hydrogen-bond donors (Lipinski definition) is 1. The van der Waals surface area contributed by atoms with Crippen LogP contribution >= 0.6 is 23.4 Å². The predicted octanol–water partition coefficient (Wildman–Crippen LogP) is 3.98. The number of hydrogen-bond acceptors (Lipinski definition) is 3. The Kier molecular flexibility index (Phi) is 3.84. The molecule has 1 saturated carbocycles. The number of aliphatic carboxylic acids is 1. The van der Waals surface area contributed by atoms with Gasteiger partial charge in [0.25, 0.3) is 0 Å². The Morgan fingerprint density at radius 1 is 1.62 bits per heavy atom. The van der Waals surface area contributed by atoms with Crippen LogP contribution in [0.4, 0.5) is 4.39 Å². The van der Waals surface area contributed by atoms with E-state index in [4.69, 9.17) is 16.7 Å². The molecule has 1 aromatic heterocycles. The lowest BCUT2D eigenvalue weighted by molar-refractivity contribution is -0.133. The van der Waals surface area contributed by atoms with Crippen LogP contribution in [0.5, 0.6) is 0 Å². The van der Waals surface area contributed by atoms with Gasteiger partial charge in [-0.1, -0.05) is 36.7 Å². The normalized spacial score (nSPS) is 20.9. The molecule has 1 aliphatic carbocycles. The van der Waals surface area contributed by atoms with E-state index in [2.05, 4.69) is 11.9 Å². The molecule has 3 rings (SSSR count). The fourth-order valence-electron chi connectivity index (χ4n) is 2.60. The molecular formula is C14H14ClFN2O2S. The highest BCUT2D eigenvalue weighted by Crippen LogP contribution is 2.49. The SMILES string of the molecule is CCC1CC1n1c(SCC(=O)O)nc2cc(F)c(Cl)cc21. The molecule has 1 heterocycles. The molecule has 1 N–H and O–H groups in total. The molecule has 0 aliphatic heterocycles. The van der Waals surface area contributed by atoms with Gasteiger partial charge in [-0.15, -0.1) is 0 Å². The average Bonchev–Trinajstić information content (AvgIpc) is 3.13. The van der Waals surface area contributed by atoms with Crippen molar-refractivity contribution in [3.05, 3.63) is 23.0 Å². The van der Waals surface area contributed by atoms with Crippen molar-refractivity contribution in [2.45, 2.75) is 31.0 Å². The fourth-order valence-corrected chi connectivity index (χ4v) is 3.55. The number of imidazole rings is 1. The summed E-state index contributed by atoms with van der Waals surface area (Å²) in [5.41, 5.74) is 1.29. The van der Waals surface area contributed by atoms with Gasteiger partial charge in [0.1, 0.15) is 5.82 Å². The molecule has 0 radical (unpaired) electrons. The molecule has 4 nitrogen and oxygen atoms in total. The van der Waals surface area contributed by atoms with Gasteiger partial charge in [0.2, 0.25) is 0 Å². The van der Waals surface area contributed by atoms with E-state index in [1.807, 2.05) is 4.57 Å². The highest BCUT2D eigenvalue weighted by molar-refractivity contribution is 7.99. The lowest BCUT2D eigenvalue weighted by Gasteiger charge is -2.07. The number of thioether (sulfide) groups is 1. The monoisotopic (exact) mass is 328 g/mol. The van der Waals surface area contributed by atoms with Crippen molar-refractivity contribution in [1.82, 2.24) is 9.55 Å². The zero-order chi connectivity index (χ0) is 15.1. The summed E-state index contributed by atoms with van der Waals surface area (Å²) in [6.07, 6.45) is 2.10. The fraction of sp³-hybridized carbons (Fsp3) is 0.429. The maximum atomic E-state index is 13.6. The molecular weight excluding hydrogens is 315 g/mol. The standard InChI is InChI=1S/C14H14ClFN2O2S/c1-2-7-3-11(7)18-12-4-8(15)9(16)5-10(12)17-14(18)21-6-13(19)20/h4-5,7,11H,2-3,6H2,1H3,(H,19,20). The number of benzene rings is 1. The maximum Gasteiger partial charge on any atom is 0.313 e. The lowest BCUT2D eigenvalue weighted by Crippen LogP contribution is -2.03. The van der Waals surface area contributed by atoms with E-state index in [-0.39, 0.29) is 10.8 Å². The van der Waals surface area contributed by atoms with Gasteiger partial charge in [-0.05, 0) is 18.4 Å². The summed E-state index contributed by atoms with van der Waals surface area (Å²) in [5.74, 6) is -0.907. The van der Waals surface area contributed by atoms with E-state index < -0.39 is 11.8 Å². The molecule has 21 heavy (non-hydrogen) atoms. The van der Waals surface area contributed by atoms with Crippen LogP contribution in [0.1, 0.15) is 25.8 Å². The first-order valence-corrected chi connectivity index (χ1v) is 8.09. The van der Waals surface area contributed by atoms with Crippen LogP contribution < -0.4 is 0 Å². The number of carboxylic acid groups (broad SMARTS) is 1. The first kappa shape index (κ1) is 14.7. The summed E-state index contributed by atoms with van der Waals surface area (Å²) < 4.78 is 15.6. The summed E-state index contributed by atoms with van der Waals surface area (Å²) in [7, 11) is 0. The summed E-state index contributed by atoms with van der Waals surface area (Å²) in [5, 5.41) is 9.52. The molecule has 2 aromatic rings. The second kappa shape index (κ2) is 5.50. The number of nitrogens with zero attached hydrogens (tertiary/aromatic N) is 2. The number of carbonyl (C=O) groups is 1. The Balaban J connectivity index is 2.07. The number of halogens is 2. The van der Waals surface area contributed by atoms with Gasteiger partial charge in [-0.2, -0.15) is 0 Å². The zero-order valence-corrected chi connectivity index (χ0v) is 12.9. The van der Waals surface area contributed by atoms with Crippen LogP contribution in [-0.4, -0.2) is 26.4 Å². The van der Waals surface area contributed by atoms with Crippen molar-refractivity contribution >= 4 is 40.4 Å². The minimum absolute atomic E-state index is 0.0622. The molecule has 1 aromatic carbocycles. The van der Waals surface area contributed by atoms with Crippen LogP contribution in [0, 0.1) is 11.7 Å². The number of rotatable bonds is 5. The van der Waals surface area contributed by atoms with Gasteiger partial charge in [0.05, 0.1) is 21.8 Å². The number of aromatic nitrogens is 2. The Labute approximate surface area is 130 Å². The second-order valence-electron chi connectivity index (χ2n) is 5.17. The highest BCUT2D eigenvalue weighted by atomic mass is 35.5. The van der Waals surface area contributed by atoms with Gasteiger partial charge in [-0.25, -0.2) is 9.37 Å². The topological polar surface area (TPSA) is 55.1 Å². The van der Waals surface area contributed by atoms with Gasteiger partial charge in [0, 0.05) is 12.1 Å². The minimum atomic E-state index is -0.898. The molecule has 1 fully saturated rings. The quantitative estimate of drug-likeness (QED) is 0.844. The third-order valence-electron chi connectivity index (χ3n) is 3.77. The second-order valence-corrected chi connectivity index (χ2v) is 6.52. The Morgan fingerprint density at radius 2 is 2.38 bits per heavy atom. The van der Waals surface area contributed by atoms with Gasteiger partial charge in [0.15, 0.2) is 5.16 Å². The van der Waals surface area contributed by atoms with E-state index in [1.165, 1.54) is 6.07 Å². The zero-order valence-electron chi connectivity index (χ0n) is 11.3. The highest BCUT2D eigenvalue weighted by Gasteiger charge is 2.39. The molecule has 2 atom stereocenters. The summed E-state index contributed by atoms with van der Waals surface area (Å²) in [6.45, 7) is 2.13. The van der Waals surface area contributed by atoms with E-state index in [0.717, 1.165) is 30.1 Å². The van der Waals surface area contributed by atoms with Crippen molar-refractivity contribution in [2.24, 2.45) is 5.92 Å².